The number of thioether (sulfide) groups is 1. The molecule has 0 saturated carbocycles. The van der Waals surface area contributed by atoms with Crippen LogP contribution in [0.1, 0.15) is 0 Å². The lowest BCUT2D eigenvalue weighted by Crippen LogP contribution is -2.04. The Kier molecular flexibility index (Phi) is 3.83. The van der Waals surface area contributed by atoms with Crippen molar-refractivity contribution < 1.29 is 8.42 Å². The molecule has 0 fully saturated rings. The summed E-state index contributed by atoms with van der Waals surface area (Å²) in [5, 5.41) is 0. The minimum atomic E-state index is -2.85. The molecule has 3 nitrogen and oxygen atoms in total. The quantitative estimate of drug-likeness (QED) is 0.628. The molecule has 0 aliphatic carbocycles. The van der Waals surface area contributed by atoms with Crippen molar-refractivity contribution in [3.8, 4) is 0 Å². The molecule has 0 aromatic heterocycles. The SMILES string of the molecule is CS(=O)(=O)CCSc1ccc(N)cc1. The molecule has 0 aliphatic heterocycles. The predicted molar refractivity (Wildman–Crippen MR) is 61.3 cm³/mol. The molecule has 0 aliphatic rings. The number of anilines is 1. The summed E-state index contributed by atoms with van der Waals surface area (Å²) in [7, 11) is -2.85. The molecule has 1 aromatic carbocycles. The highest BCUT2D eigenvalue weighted by Gasteiger charge is 2.02. The Morgan fingerprint density at radius 3 is 2.36 bits per heavy atom. The summed E-state index contributed by atoms with van der Waals surface area (Å²) in [6.07, 6.45) is 1.25. The van der Waals surface area contributed by atoms with E-state index >= 15 is 0 Å². The topological polar surface area (TPSA) is 60.2 Å². The van der Waals surface area contributed by atoms with E-state index in [1.807, 2.05) is 24.3 Å². The second-order valence-electron chi connectivity index (χ2n) is 3.05. The Balaban J connectivity index is 2.43. The van der Waals surface area contributed by atoms with Gasteiger partial charge in [0, 0.05) is 22.6 Å². The molecule has 78 valence electrons. The maximum absolute atomic E-state index is 10.8. The molecule has 0 radical (unpaired) electrons. The molecule has 0 unspecified atom stereocenters. The van der Waals surface area contributed by atoms with E-state index in [4.69, 9.17) is 5.73 Å². The van der Waals surface area contributed by atoms with E-state index in [1.165, 1.54) is 18.0 Å². The number of nitrogens with two attached hydrogens (primary N) is 1. The molecule has 14 heavy (non-hydrogen) atoms. The molecule has 5 heteroatoms. The lowest BCUT2D eigenvalue weighted by molar-refractivity contribution is 0.603. The van der Waals surface area contributed by atoms with E-state index in [0.29, 0.717) is 5.75 Å². The van der Waals surface area contributed by atoms with Gasteiger partial charge in [0.1, 0.15) is 9.84 Å². The Bertz CT molecular complexity index is 384. The first-order valence-corrected chi connectivity index (χ1v) is 7.18. The Hall–Kier alpha value is -0.680. The number of benzene rings is 1. The highest BCUT2D eigenvalue weighted by atomic mass is 32.2. The smallest absolute Gasteiger partial charge is 0.148 e. The second-order valence-corrected chi connectivity index (χ2v) is 6.48. The van der Waals surface area contributed by atoms with E-state index in [0.717, 1.165) is 10.6 Å². The first-order valence-electron chi connectivity index (χ1n) is 4.13. The maximum Gasteiger partial charge on any atom is 0.148 e. The van der Waals surface area contributed by atoms with Gasteiger partial charge < -0.3 is 5.73 Å². The van der Waals surface area contributed by atoms with Crippen molar-refractivity contribution in [1.82, 2.24) is 0 Å². The largest absolute Gasteiger partial charge is 0.399 e. The van der Waals surface area contributed by atoms with Crippen molar-refractivity contribution in [2.45, 2.75) is 4.90 Å². The van der Waals surface area contributed by atoms with Crippen molar-refractivity contribution in [2.24, 2.45) is 0 Å². The Labute approximate surface area is 88.6 Å². The first-order chi connectivity index (χ1) is 6.47. The van der Waals surface area contributed by atoms with E-state index in [-0.39, 0.29) is 5.75 Å². The van der Waals surface area contributed by atoms with Gasteiger partial charge in [-0.2, -0.15) is 0 Å². The second kappa shape index (κ2) is 4.70. The fourth-order valence-corrected chi connectivity index (χ4v) is 2.98. The monoisotopic (exact) mass is 231 g/mol. The summed E-state index contributed by atoms with van der Waals surface area (Å²) in [5.74, 6) is 0.796. The van der Waals surface area contributed by atoms with Crippen LogP contribution in [0.25, 0.3) is 0 Å². The van der Waals surface area contributed by atoms with Crippen LogP contribution in [0.4, 0.5) is 5.69 Å². The van der Waals surface area contributed by atoms with Crippen LogP contribution in [0, 0.1) is 0 Å². The standard InChI is InChI=1S/C9H13NO2S2/c1-14(11,12)7-6-13-9-4-2-8(10)3-5-9/h2-5H,6-7,10H2,1H3. The highest BCUT2D eigenvalue weighted by Crippen LogP contribution is 2.18. The van der Waals surface area contributed by atoms with Gasteiger partial charge in [0.15, 0.2) is 0 Å². The van der Waals surface area contributed by atoms with Crippen molar-refractivity contribution in [3.05, 3.63) is 24.3 Å². The molecule has 0 spiro atoms. The van der Waals surface area contributed by atoms with Crippen LogP contribution in [0.15, 0.2) is 29.2 Å². The van der Waals surface area contributed by atoms with Gasteiger partial charge in [0.05, 0.1) is 5.75 Å². The zero-order chi connectivity index (χ0) is 10.6. The highest BCUT2D eigenvalue weighted by molar-refractivity contribution is 8.00. The number of sulfone groups is 1. The zero-order valence-electron chi connectivity index (χ0n) is 7.93. The third-order valence-corrected chi connectivity index (χ3v) is 3.82. The normalized spacial score (nSPS) is 11.5. The Morgan fingerprint density at radius 2 is 1.86 bits per heavy atom. The molecule has 0 bridgehead atoms. The third kappa shape index (κ3) is 4.53. The van der Waals surface area contributed by atoms with Crippen molar-refractivity contribution in [2.75, 3.05) is 23.5 Å². The van der Waals surface area contributed by atoms with Crippen molar-refractivity contribution in [3.63, 3.8) is 0 Å². The minimum Gasteiger partial charge on any atom is -0.399 e. The van der Waals surface area contributed by atoms with Crippen LogP contribution in [0.5, 0.6) is 0 Å². The van der Waals surface area contributed by atoms with Gasteiger partial charge in [-0.3, -0.25) is 0 Å². The van der Waals surface area contributed by atoms with Crippen LogP contribution in [0.3, 0.4) is 0 Å². The fourth-order valence-electron chi connectivity index (χ4n) is 0.875. The summed E-state index contributed by atoms with van der Waals surface area (Å²) < 4.78 is 21.7. The fraction of sp³-hybridized carbons (Fsp3) is 0.333. The molecule has 0 amide bonds. The predicted octanol–water partition coefficient (Wildman–Crippen LogP) is 1.41. The summed E-state index contributed by atoms with van der Waals surface area (Å²) in [6, 6.07) is 7.40. The van der Waals surface area contributed by atoms with Crippen LogP contribution in [0.2, 0.25) is 0 Å². The van der Waals surface area contributed by atoms with Gasteiger partial charge >= 0.3 is 0 Å². The third-order valence-electron chi connectivity index (χ3n) is 1.60. The van der Waals surface area contributed by atoms with Crippen LogP contribution in [-0.2, 0) is 9.84 Å². The average molecular weight is 231 g/mol. The average Bonchev–Trinajstić information content (AvgIpc) is 2.06. The maximum atomic E-state index is 10.8. The van der Waals surface area contributed by atoms with Crippen LogP contribution >= 0.6 is 11.8 Å². The summed E-state index contributed by atoms with van der Waals surface area (Å²) in [4.78, 5) is 1.04. The summed E-state index contributed by atoms with van der Waals surface area (Å²) in [6.45, 7) is 0. The zero-order valence-corrected chi connectivity index (χ0v) is 9.57. The van der Waals surface area contributed by atoms with E-state index in [9.17, 15) is 8.42 Å². The molecule has 2 N–H and O–H groups in total. The molecular formula is C9H13NO2S2. The first kappa shape index (κ1) is 11.4. The van der Waals surface area contributed by atoms with Gasteiger partial charge in [0.25, 0.3) is 0 Å². The molecule has 0 heterocycles. The van der Waals surface area contributed by atoms with Crippen LogP contribution < -0.4 is 5.73 Å². The van der Waals surface area contributed by atoms with E-state index in [2.05, 4.69) is 0 Å². The number of rotatable bonds is 4. The van der Waals surface area contributed by atoms with Gasteiger partial charge in [-0.15, -0.1) is 11.8 Å². The molecule has 0 saturated heterocycles. The van der Waals surface area contributed by atoms with Gasteiger partial charge in [-0.1, -0.05) is 0 Å². The van der Waals surface area contributed by atoms with E-state index in [1.54, 1.807) is 0 Å². The van der Waals surface area contributed by atoms with Gasteiger partial charge in [-0.25, -0.2) is 8.42 Å². The van der Waals surface area contributed by atoms with Gasteiger partial charge in [-0.05, 0) is 24.3 Å². The van der Waals surface area contributed by atoms with Crippen molar-refractivity contribution >= 4 is 27.3 Å². The number of hydrogen-bond acceptors (Lipinski definition) is 4. The van der Waals surface area contributed by atoms with Crippen molar-refractivity contribution in [1.29, 1.82) is 0 Å². The minimum absolute atomic E-state index is 0.210. The van der Waals surface area contributed by atoms with Crippen LogP contribution in [-0.4, -0.2) is 26.2 Å². The molecule has 0 atom stereocenters. The molecule has 1 rings (SSSR count). The molecular weight excluding hydrogens is 218 g/mol. The molecule has 1 aromatic rings. The van der Waals surface area contributed by atoms with E-state index < -0.39 is 9.84 Å². The lowest BCUT2D eigenvalue weighted by atomic mass is 10.3. The Morgan fingerprint density at radius 1 is 1.29 bits per heavy atom. The summed E-state index contributed by atoms with van der Waals surface area (Å²) in [5.41, 5.74) is 6.24. The lowest BCUT2D eigenvalue weighted by Gasteiger charge is -2.00. The number of hydrogen-bond donors (Lipinski definition) is 1. The van der Waals surface area contributed by atoms with Gasteiger partial charge in [0.2, 0.25) is 0 Å². The number of nitrogen functional groups attached to an aromatic ring is 1. The summed E-state index contributed by atoms with van der Waals surface area (Å²) >= 11 is 1.52.